The number of piperidine rings is 1. The minimum Gasteiger partial charge on any atom is -0.361 e. The predicted octanol–water partition coefficient (Wildman–Crippen LogP) is 3.57. The van der Waals surface area contributed by atoms with E-state index in [1.165, 1.54) is 0 Å². The number of benzene rings is 1. The highest BCUT2D eigenvalue weighted by atomic mass is 16.2. The summed E-state index contributed by atoms with van der Waals surface area (Å²) >= 11 is 0. The third-order valence-electron chi connectivity index (χ3n) is 5.81. The smallest absolute Gasteiger partial charge is 0.253 e. The highest BCUT2D eigenvalue weighted by Gasteiger charge is 2.25. The van der Waals surface area contributed by atoms with Crippen molar-refractivity contribution in [2.24, 2.45) is 5.92 Å². The molecule has 0 atom stereocenters. The van der Waals surface area contributed by atoms with Crippen LogP contribution in [0.3, 0.4) is 0 Å². The van der Waals surface area contributed by atoms with E-state index in [0.29, 0.717) is 25.6 Å². The maximum Gasteiger partial charge on any atom is 0.253 e. The quantitative estimate of drug-likeness (QED) is 0.741. The number of aromatic amines is 1. The van der Waals surface area contributed by atoms with Crippen LogP contribution in [0.15, 0.2) is 47.7 Å². The second-order valence-corrected chi connectivity index (χ2v) is 9.03. The number of likely N-dealkylation sites (tertiary alicyclic amines) is 1. The normalized spacial score (nSPS) is 15.8. The first-order valence-corrected chi connectivity index (χ1v) is 10.2. The molecular weight excluding hydrogens is 364 g/mol. The molecule has 29 heavy (non-hydrogen) atoms. The van der Waals surface area contributed by atoms with Crippen molar-refractivity contribution in [1.82, 2.24) is 19.4 Å². The second kappa shape index (κ2) is 7.50. The number of fused-ring (bicyclic) bond motifs is 1. The van der Waals surface area contributed by atoms with E-state index in [-0.39, 0.29) is 16.9 Å². The maximum atomic E-state index is 12.9. The van der Waals surface area contributed by atoms with Gasteiger partial charge in [-0.05, 0) is 42.3 Å². The molecule has 6 nitrogen and oxygen atoms in total. The number of nitrogens with zero attached hydrogens (tertiary/aromatic N) is 3. The summed E-state index contributed by atoms with van der Waals surface area (Å²) < 4.78 is 1.70. The maximum absolute atomic E-state index is 12.9. The fraction of sp³-hybridized carbons (Fsp3) is 0.435. The number of hydrogen-bond acceptors (Lipinski definition) is 3. The molecule has 0 aliphatic carbocycles. The Morgan fingerprint density at radius 1 is 1.17 bits per heavy atom. The van der Waals surface area contributed by atoms with Crippen molar-refractivity contribution >= 4 is 16.8 Å². The van der Waals surface area contributed by atoms with Gasteiger partial charge in [0.25, 0.3) is 11.5 Å². The molecule has 152 valence electrons. The van der Waals surface area contributed by atoms with Crippen LogP contribution in [0.1, 0.15) is 49.7 Å². The van der Waals surface area contributed by atoms with Gasteiger partial charge in [0.2, 0.25) is 0 Å². The molecule has 3 aromatic rings. The SMILES string of the molecule is CC(C)(C)c1cc(=O)n(CC2CCN(C(=O)c3ccc4cc[nH]c4c3)CC2)cn1. The molecule has 6 heteroatoms. The molecule has 1 fully saturated rings. The molecular formula is C23H28N4O2. The third kappa shape index (κ3) is 4.11. The lowest BCUT2D eigenvalue weighted by Crippen LogP contribution is -2.40. The van der Waals surface area contributed by atoms with Gasteiger partial charge in [0.05, 0.1) is 12.0 Å². The van der Waals surface area contributed by atoms with E-state index >= 15 is 0 Å². The van der Waals surface area contributed by atoms with E-state index in [1.54, 1.807) is 17.0 Å². The van der Waals surface area contributed by atoms with Crippen molar-refractivity contribution in [2.75, 3.05) is 13.1 Å². The number of amides is 1. The first-order chi connectivity index (χ1) is 13.8. The van der Waals surface area contributed by atoms with Crippen molar-refractivity contribution in [3.8, 4) is 0 Å². The van der Waals surface area contributed by atoms with Crippen molar-refractivity contribution in [2.45, 2.75) is 45.6 Å². The summed E-state index contributed by atoms with van der Waals surface area (Å²) in [7, 11) is 0. The molecule has 1 saturated heterocycles. The summed E-state index contributed by atoms with van der Waals surface area (Å²) in [6, 6.07) is 9.44. The lowest BCUT2D eigenvalue weighted by Gasteiger charge is -2.32. The van der Waals surface area contributed by atoms with E-state index in [9.17, 15) is 9.59 Å². The van der Waals surface area contributed by atoms with Gasteiger partial charge >= 0.3 is 0 Å². The van der Waals surface area contributed by atoms with Gasteiger partial charge in [-0.15, -0.1) is 0 Å². The summed E-state index contributed by atoms with van der Waals surface area (Å²) in [5.74, 6) is 0.457. The summed E-state index contributed by atoms with van der Waals surface area (Å²) in [6.45, 7) is 8.26. The molecule has 0 spiro atoms. The van der Waals surface area contributed by atoms with Crippen LogP contribution in [0.25, 0.3) is 10.9 Å². The zero-order valence-corrected chi connectivity index (χ0v) is 17.3. The minimum absolute atomic E-state index is 0.00248. The largest absolute Gasteiger partial charge is 0.361 e. The zero-order valence-electron chi connectivity index (χ0n) is 17.3. The van der Waals surface area contributed by atoms with Gasteiger partial charge in [0, 0.05) is 48.4 Å². The van der Waals surface area contributed by atoms with Crippen LogP contribution in [-0.2, 0) is 12.0 Å². The molecule has 2 aromatic heterocycles. The fourth-order valence-electron chi connectivity index (χ4n) is 3.93. The van der Waals surface area contributed by atoms with Crippen LogP contribution in [0, 0.1) is 5.92 Å². The van der Waals surface area contributed by atoms with Crippen molar-refractivity contribution < 1.29 is 4.79 Å². The molecule has 1 aliphatic rings. The number of carbonyl (C=O) groups is 1. The van der Waals surface area contributed by atoms with Gasteiger partial charge < -0.3 is 9.88 Å². The van der Waals surface area contributed by atoms with Gasteiger partial charge in [0.1, 0.15) is 0 Å². The van der Waals surface area contributed by atoms with Crippen LogP contribution < -0.4 is 5.56 Å². The predicted molar refractivity (Wildman–Crippen MR) is 114 cm³/mol. The monoisotopic (exact) mass is 392 g/mol. The molecule has 1 amide bonds. The van der Waals surface area contributed by atoms with Crippen LogP contribution >= 0.6 is 0 Å². The summed E-state index contributed by atoms with van der Waals surface area (Å²) in [5, 5.41) is 1.11. The number of H-pyrrole nitrogens is 1. The van der Waals surface area contributed by atoms with Crippen molar-refractivity contribution in [3.05, 3.63) is 64.5 Å². The molecule has 1 aliphatic heterocycles. The highest BCUT2D eigenvalue weighted by Crippen LogP contribution is 2.22. The van der Waals surface area contributed by atoms with Gasteiger partial charge in [-0.2, -0.15) is 0 Å². The Kier molecular flexibility index (Phi) is 5.03. The molecule has 3 heterocycles. The van der Waals surface area contributed by atoms with E-state index in [4.69, 9.17) is 0 Å². The van der Waals surface area contributed by atoms with Gasteiger partial charge in [-0.1, -0.05) is 26.8 Å². The molecule has 1 aromatic carbocycles. The molecule has 0 bridgehead atoms. The lowest BCUT2D eigenvalue weighted by molar-refractivity contribution is 0.0682. The van der Waals surface area contributed by atoms with Crippen LogP contribution in [0.4, 0.5) is 0 Å². The molecule has 0 saturated carbocycles. The topological polar surface area (TPSA) is 71.0 Å². The number of aromatic nitrogens is 3. The first-order valence-electron chi connectivity index (χ1n) is 10.2. The van der Waals surface area contributed by atoms with Gasteiger partial charge in [-0.3, -0.25) is 14.2 Å². The van der Waals surface area contributed by atoms with E-state index in [1.807, 2.05) is 35.4 Å². The van der Waals surface area contributed by atoms with Gasteiger partial charge in [0.15, 0.2) is 0 Å². The standard InChI is InChI=1S/C23H28N4O2/c1-23(2,3)20-13-21(28)27(15-25-20)14-16-7-10-26(11-8-16)22(29)18-5-4-17-6-9-24-19(17)12-18/h4-6,9,12-13,15-16,24H,7-8,10-11,14H2,1-3H3. The minimum atomic E-state index is -0.132. The number of carbonyl (C=O) groups excluding carboxylic acids is 1. The van der Waals surface area contributed by atoms with Crippen molar-refractivity contribution in [1.29, 1.82) is 0 Å². The Hall–Kier alpha value is -2.89. The number of rotatable bonds is 3. The summed E-state index contributed by atoms with van der Waals surface area (Å²) in [5.41, 5.74) is 2.39. The van der Waals surface area contributed by atoms with Gasteiger partial charge in [-0.25, -0.2) is 4.98 Å². The van der Waals surface area contributed by atoms with Crippen molar-refractivity contribution in [3.63, 3.8) is 0 Å². The Morgan fingerprint density at radius 2 is 1.93 bits per heavy atom. The first kappa shape index (κ1) is 19.4. The average molecular weight is 393 g/mol. The fourth-order valence-corrected chi connectivity index (χ4v) is 3.93. The Labute approximate surface area is 170 Å². The third-order valence-corrected chi connectivity index (χ3v) is 5.81. The molecule has 1 N–H and O–H groups in total. The number of hydrogen-bond donors (Lipinski definition) is 1. The summed E-state index contributed by atoms with van der Waals surface area (Å²) in [6.07, 6.45) is 5.34. The second-order valence-electron chi connectivity index (χ2n) is 9.03. The van der Waals surface area contributed by atoms with Crippen LogP contribution in [0.5, 0.6) is 0 Å². The summed E-state index contributed by atoms with van der Waals surface area (Å²) in [4.78, 5) is 34.9. The Balaban J connectivity index is 1.38. The Bertz CT molecular complexity index is 1080. The molecule has 4 rings (SSSR count). The van der Waals surface area contributed by atoms with E-state index in [0.717, 1.165) is 35.0 Å². The Morgan fingerprint density at radius 3 is 2.62 bits per heavy atom. The highest BCUT2D eigenvalue weighted by molar-refractivity contribution is 5.97. The van der Waals surface area contributed by atoms with Crippen LogP contribution in [0.2, 0.25) is 0 Å². The molecule has 0 unspecified atom stereocenters. The number of nitrogens with one attached hydrogen (secondary N) is 1. The average Bonchev–Trinajstić information content (AvgIpc) is 3.16. The molecule has 0 radical (unpaired) electrons. The van der Waals surface area contributed by atoms with Crippen LogP contribution in [-0.4, -0.2) is 38.4 Å². The zero-order chi connectivity index (χ0) is 20.6. The van der Waals surface area contributed by atoms with E-state index < -0.39 is 0 Å². The lowest BCUT2D eigenvalue weighted by atomic mass is 9.92. The van der Waals surface area contributed by atoms with E-state index in [2.05, 4.69) is 30.7 Å².